The van der Waals surface area contributed by atoms with Gasteiger partial charge in [-0.25, -0.2) is 0 Å². The molecule has 2 heterocycles. The van der Waals surface area contributed by atoms with Crippen LogP contribution >= 0.6 is 34.2 Å². The molecular weight excluding hydrogens is 393 g/mol. The molecule has 0 atom stereocenters. The van der Waals surface area contributed by atoms with Gasteiger partial charge >= 0.3 is 0 Å². The van der Waals surface area contributed by atoms with Gasteiger partial charge in [-0.05, 0) is 42.9 Å². The Balaban J connectivity index is 1.81. The summed E-state index contributed by atoms with van der Waals surface area (Å²) < 4.78 is 2.68. The molecule has 6 nitrogen and oxygen atoms in total. The fourth-order valence-corrected chi connectivity index (χ4v) is 2.48. The summed E-state index contributed by atoms with van der Waals surface area (Å²) in [5, 5.41) is 14.4. The summed E-state index contributed by atoms with van der Waals surface area (Å²) >= 11 is 8.15. The first-order valence-corrected chi connectivity index (χ1v) is 7.63. The predicted octanol–water partition coefficient (Wildman–Crippen LogP) is 2.30. The molecule has 8 heteroatoms. The predicted molar refractivity (Wildman–Crippen MR) is 85.0 cm³/mol. The van der Waals surface area contributed by atoms with E-state index in [1.807, 2.05) is 18.5 Å². The van der Waals surface area contributed by atoms with Gasteiger partial charge in [0.15, 0.2) is 0 Å². The maximum atomic E-state index is 11.8. The van der Waals surface area contributed by atoms with Crippen LogP contribution in [0.1, 0.15) is 28.3 Å². The van der Waals surface area contributed by atoms with Crippen LogP contribution in [-0.4, -0.2) is 32.4 Å². The topological polar surface area (TPSA) is 75.6 Å². The van der Waals surface area contributed by atoms with Crippen LogP contribution in [-0.2, 0) is 6.54 Å². The Morgan fingerprint density at radius 3 is 2.85 bits per heavy atom. The molecular formula is C12H15ClIN5O. The van der Waals surface area contributed by atoms with Crippen molar-refractivity contribution in [1.29, 1.82) is 0 Å². The molecule has 0 aliphatic carbocycles. The number of hydrogen-bond acceptors (Lipinski definition) is 3. The maximum absolute atomic E-state index is 11.8. The van der Waals surface area contributed by atoms with Gasteiger partial charge < -0.3 is 5.32 Å². The van der Waals surface area contributed by atoms with Gasteiger partial charge in [0.1, 0.15) is 5.69 Å². The molecule has 20 heavy (non-hydrogen) atoms. The van der Waals surface area contributed by atoms with Crippen LogP contribution in [0.3, 0.4) is 0 Å². The van der Waals surface area contributed by atoms with E-state index in [0.29, 0.717) is 17.3 Å². The Labute approximate surface area is 135 Å². The van der Waals surface area contributed by atoms with Crippen LogP contribution in [0.15, 0.2) is 6.20 Å². The number of hydrogen-bond donors (Lipinski definition) is 2. The van der Waals surface area contributed by atoms with Crippen molar-refractivity contribution in [2.75, 3.05) is 6.54 Å². The number of H-pyrrole nitrogens is 1. The number of amides is 1. The highest BCUT2D eigenvalue weighted by Crippen LogP contribution is 2.18. The van der Waals surface area contributed by atoms with Gasteiger partial charge in [-0.2, -0.15) is 10.2 Å². The molecule has 2 N–H and O–H groups in total. The van der Waals surface area contributed by atoms with Gasteiger partial charge in [0, 0.05) is 13.1 Å². The summed E-state index contributed by atoms with van der Waals surface area (Å²) in [4.78, 5) is 11.8. The quantitative estimate of drug-likeness (QED) is 0.590. The fraction of sp³-hybridized carbons (Fsp3) is 0.417. The fourth-order valence-electron chi connectivity index (χ4n) is 1.84. The zero-order chi connectivity index (χ0) is 14.7. The number of halogens is 2. The minimum absolute atomic E-state index is 0.140. The number of aromatic amines is 1. The smallest absolute Gasteiger partial charge is 0.270 e. The summed E-state index contributed by atoms with van der Waals surface area (Å²) in [6, 6.07) is 0. The third-order valence-electron chi connectivity index (χ3n) is 2.95. The number of nitrogens with zero attached hydrogens (tertiary/aromatic N) is 3. The van der Waals surface area contributed by atoms with E-state index in [2.05, 4.69) is 43.2 Å². The van der Waals surface area contributed by atoms with Crippen LogP contribution < -0.4 is 5.32 Å². The molecule has 0 saturated heterocycles. The normalized spacial score (nSPS) is 10.8. The van der Waals surface area contributed by atoms with Crippen molar-refractivity contribution in [3.63, 3.8) is 0 Å². The second-order valence-corrected chi connectivity index (χ2v) is 5.95. The molecule has 2 aromatic heterocycles. The zero-order valence-electron chi connectivity index (χ0n) is 11.2. The largest absolute Gasteiger partial charge is 0.351 e. The molecule has 0 aliphatic rings. The van der Waals surface area contributed by atoms with Crippen LogP contribution in [0, 0.1) is 17.4 Å². The lowest BCUT2D eigenvalue weighted by Gasteiger charge is -2.06. The molecule has 1 amide bonds. The van der Waals surface area contributed by atoms with E-state index in [0.717, 1.165) is 27.9 Å². The zero-order valence-corrected chi connectivity index (χ0v) is 14.1. The summed E-state index contributed by atoms with van der Waals surface area (Å²) in [6.45, 7) is 5.12. The summed E-state index contributed by atoms with van der Waals surface area (Å²) in [5.74, 6) is -0.140. The molecule has 0 unspecified atom stereocenters. The minimum Gasteiger partial charge on any atom is -0.351 e. The second-order valence-electron chi connectivity index (χ2n) is 4.41. The monoisotopic (exact) mass is 407 g/mol. The van der Waals surface area contributed by atoms with Crippen LogP contribution in [0.2, 0.25) is 5.02 Å². The molecule has 0 radical (unpaired) electrons. The van der Waals surface area contributed by atoms with Gasteiger partial charge in [0.25, 0.3) is 5.91 Å². The molecule has 0 fully saturated rings. The minimum atomic E-state index is -0.140. The molecule has 0 saturated carbocycles. The van der Waals surface area contributed by atoms with Gasteiger partial charge in [-0.1, -0.05) is 11.6 Å². The Bertz CT molecular complexity index is 621. The first-order chi connectivity index (χ1) is 9.50. The number of rotatable bonds is 5. The third kappa shape index (κ3) is 3.32. The van der Waals surface area contributed by atoms with E-state index in [-0.39, 0.29) is 5.91 Å². The highest BCUT2D eigenvalue weighted by atomic mass is 127. The lowest BCUT2D eigenvalue weighted by Crippen LogP contribution is -2.26. The molecule has 0 aromatic carbocycles. The average molecular weight is 408 g/mol. The molecule has 108 valence electrons. The second kappa shape index (κ2) is 6.57. The van der Waals surface area contributed by atoms with Crippen molar-refractivity contribution in [3.05, 3.63) is 31.9 Å². The van der Waals surface area contributed by atoms with E-state index < -0.39 is 0 Å². The Morgan fingerprint density at radius 1 is 1.55 bits per heavy atom. The number of aromatic nitrogens is 4. The van der Waals surface area contributed by atoms with E-state index in [4.69, 9.17) is 11.6 Å². The van der Waals surface area contributed by atoms with Gasteiger partial charge in [0.05, 0.1) is 26.2 Å². The van der Waals surface area contributed by atoms with Crippen molar-refractivity contribution < 1.29 is 4.79 Å². The number of carbonyl (C=O) groups is 1. The van der Waals surface area contributed by atoms with Crippen molar-refractivity contribution >= 4 is 40.1 Å². The third-order valence-corrected chi connectivity index (χ3v) is 4.31. The highest BCUT2D eigenvalue weighted by molar-refractivity contribution is 14.1. The molecule has 2 rings (SSSR count). The summed E-state index contributed by atoms with van der Waals surface area (Å²) in [6.07, 6.45) is 2.40. The summed E-state index contributed by atoms with van der Waals surface area (Å²) in [7, 11) is 0. The molecule has 0 spiro atoms. The van der Waals surface area contributed by atoms with Gasteiger partial charge in [0.2, 0.25) is 0 Å². The number of nitrogens with one attached hydrogen (secondary N) is 2. The van der Waals surface area contributed by atoms with Crippen LogP contribution in [0.5, 0.6) is 0 Å². The van der Waals surface area contributed by atoms with Crippen molar-refractivity contribution in [2.45, 2.75) is 26.8 Å². The van der Waals surface area contributed by atoms with Crippen LogP contribution in [0.4, 0.5) is 0 Å². The standard InChI is InChI=1S/C12H15ClIN5O/c1-7-10(13)8(2)19(18-7)5-3-4-15-12(20)11-9(14)6-16-17-11/h6H,3-5H2,1-2H3,(H,15,20)(H,16,17). The number of aryl methyl sites for hydroxylation is 2. The maximum Gasteiger partial charge on any atom is 0.270 e. The van der Waals surface area contributed by atoms with E-state index in [1.54, 1.807) is 6.20 Å². The Hall–Kier alpha value is -1.09. The van der Waals surface area contributed by atoms with Gasteiger partial charge in [-0.15, -0.1) is 0 Å². The molecule has 0 bridgehead atoms. The molecule has 0 aliphatic heterocycles. The highest BCUT2D eigenvalue weighted by Gasteiger charge is 2.12. The Kier molecular flexibility index (Phi) is 5.03. The van der Waals surface area contributed by atoms with E-state index in [9.17, 15) is 4.79 Å². The first-order valence-electron chi connectivity index (χ1n) is 6.17. The lowest BCUT2D eigenvalue weighted by molar-refractivity contribution is 0.0946. The SMILES string of the molecule is Cc1nn(CCCNC(=O)c2[nH]ncc2I)c(C)c1Cl. The first kappa shape index (κ1) is 15.3. The van der Waals surface area contributed by atoms with Crippen LogP contribution in [0.25, 0.3) is 0 Å². The summed E-state index contributed by atoms with van der Waals surface area (Å²) in [5.41, 5.74) is 2.29. The van der Waals surface area contributed by atoms with E-state index in [1.165, 1.54) is 0 Å². The van der Waals surface area contributed by atoms with Crippen molar-refractivity contribution in [3.8, 4) is 0 Å². The van der Waals surface area contributed by atoms with E-state index >= 15 is 0 Å². The number of carbonyl (C=O) groups excluding carboxylic acids is 1. The van der Waals surface area contributed by atoms with Crippen molar-refractivity contribution in [2.24, 2.45) is 0 Å². The van der Waals surface area contributed by atoms with Gasteiger partial charge in [-0.3, -0.25) is 14.6 Å². The Morgan fingerprint density at radius 2 is 2.30 bits per heavy atom. The molecule has 2 aromatic rings. The average Bonchev–Trinajstić information content (AvgIpc) is 2.94. The van der Waals surface area contributed by atoms with Crippen molar-refractivity contribution in [1.82, 2.24) is 25.3 Å². The lowest BCUT2D eigenvalue weighted by atomic mass is 10.3.